The van der Waals surface area contributed by atoms with Crippen LogP contribution in [0.25, 0.3) is 0 Å². The van der Waals surface area contributed by atoms with Crippen molar-refractivity contribution in [3.05, 3.63) is 76.9 Å². The molecule has 4 aliphatic heterocycles. The summed E-state index contributed by atoms with van der Waals surface area (Å²) < 4.78 is 0. The number of benzene rings is 1. The fourth-order valence-corrected chi connectivity index (χ4v) is 7.34. The van der Waals surface area contributed by atoms with E-state index in [0.717, 1.165) is 81.2 Å². The molecule has 2 aromatic heterocycles. The number of piperidine rings is 3. The highest BCUT2D eigenvalue weighted by Crippen LogP contribution is 2.33. The highest BCUT2D eigenvalue weighted by atomic mass is 16.2. The first-order valence-corrected chi connectivity index (χ1v) is 17.1. The molecule has 2 N–H and O–H groups in total. The second-order valence-electron chi connectivity index (χ2n) is 13.8. The van der Waals surface area contributed by atoms with Gasteiger partial charge in [0.05, 0.1) is 5.56 Å². The lowest BCUT2D eigenvalue weighted by molar-refractivity contribution is -0.136. The van der Waals surface area contributed by atoms with Crippen molar-refractivity contribution in [2.45, 2.75) is 89.4 Å². The number of rotatable bonds is 8. The Kier molecular flexibility index (Phi) is 8.90. The molecule has 3 saturated heterocycles. The molecule has 3 amide bonds. The minimum Gasteiger partial charge on any atom is -0.371 e. The summed E-state index contributed by atoms with van der Waals surface area (Å²) in [5.41, 5.74) is 6.30. The Hall–Kier alpha value is -4.38. The van der Waals surface area contributed by atoms with Crippen LogP contribution in [-0.4, -0.2) is 80.7 Å². The highest BCUT2D eigenvalue weighted by Gasteiger charge is 2.39. The number of nitrogens with zero attached hydrogens (tertiary/aromatic N) is 6. The zero-order valence-electron chi connectivity index (χ0n) is 27.3. The molecule has 0 bridgehead atoms. The van der Waals surface area contributed by atoms with Crippen LogP contribution < -0.4 is 15.5 Å². The molecular formula is C36H44N8O3. The maximum atomic E-state index is 13.0. The summed E-state index contributed by atoms with van der Waals surface area (Å²) in [5, 5.41) is 5.89. The van der Waals surface area contributed by atoms with Gasteiger partial charge in [0.2, 0.25) is 17.8 Å². The molecule has 4 aliphatic rings. The molecule has 1 aromatic carbocycles. The van der Waals surface area contributed by atoms with E-state index < -0.39 is 6.04 Å². The van der Waals surface area contributed by atoms with Crippen molar-refractivity contribution in [2.75, 3.05) is 36.4 Å². The number of nitrogens with one attached hydrogen (secondary N) is 2. The number of aromatic nitrogens is 3. The zero-order valence-corrected chi connectivity index (χ0v) is 27.3. The molecule has 246 valence electrons. The fourth-order valence-electron chi connectivity index (χ4n) is 7.34. The third-order valence-electron chi connectivity index (χ3n) is 10.3. The topological polar surface area (TPSA) is 124 Å². The first kappa shape index (κ1) is 31.2. The molecule has 6 heterocycles. The molecule has 3 fully saturated rings. The van der Waals surface area contributed by atoms with Gasteiger partial charge in [0.25, 0.3) is 5.91 Å². The van der Waals surface area contributed by atoms with E-state index in [-0.39, 0.29) is 24.1 Å². The minimum absolute atomic E-state index is 0.172. The normalized spacial score (nSPS) is 21.3. The van der Waals surface area contributed by atoms with E-state index in [9.17, 15) is 14.4 Å². The lowest BCUT2D eigenvalue weighted by Gasteiger charge is -2.34. The number of hydrogen-bond donors (Lipinski definition) is 2. The number of carbonyl (C=O) groups excluding carboxylic acids is 3. The number of hydrogen-bond acceptors (Lipinski definition) is 9. The van der Waals surface area contributed by atoms with Crippen LogP contribution in [0.15, 0.2) is 48.9 Å². The summed E-state index contributed by atoms with van der Waals surface area (Å²) in [4.78, 5) is 57.3. The second kappa shape index (κ2) is 13.4. The minimum atomic E-state index is -0.600. The highest BCUT2D eigenvalue weighted by molar-refractivity contribution is 6.05. The Bertz CT molecular complexity index is 1610. The van der Waals surface area contributed by atoms with Crippen molar-refractivity contribution in [3.63, 3.8) is 0 Å². The first-order chi connectivity index (χ1) is 22.8. The van der Waals surface area contributed by atoms with Crippen LogP contribution in [0.5, 0.6) is 0 Å². The molecule has 0 aliphatic carbocycles. The number of fused-ring (bicyclic) bond motifs is 1. The van der Waals surface area contributed by atoms with Gasteiger partial charge in [-0.15, -0.1) is 0 Å². The van der Waals surface area contributed by atoms with Crippen molar-refractivity contribution in [3.8, 4) is 0 Å². The molecular weight excluding hydrogens is 592 g/mol. The van der Waals surface area contributed by atoms with Crippen LogP contribution in [0.4, 0.5) is 11.6 Å². The number of imide groups is 1. The molecule has 3 aromatic rings. The second-order valence-corrected chi connectivity index (χ2v) is 13.8. The van der Waals surface area contributed by atoms with E-state index in [4.69, 9.17) is 4.98 Å². The van der Waals surface area contributed by atoms with Crippen molar-refractivity contribution >= 4 is 29.4 Å². The SMILES string of the molecule is CC(C)c1cnc(NC2CCN(c3ccc(CN4CCC(c5cc6c(cn5)C(=O)N(C5CCC(=O)NC5=O)C6)CC4)cc3)CC2)nc1. The lowest BCUT2D eigenvalue weighted by Crippen LogP contribution is -2.52. The molecule has 47 heavy (non-hydrogen) atoms. The molecule has 1 atom stereocenters. The largest absolute Gasteiger partial charge is 0.371 e. The van der Waals surface area contributed by atoms with E-state index in [1.54, 1.807) is 11.1 Å². The van der Waals surface area contributed by atoms with Crippen molar-refractivity contribution in [1.29, 1.82) is 0 Å². The average molecular weight is 637 g/mol. The van der Waals surface area contributed by atoms with Crippen molar-refractivity contribution < 1.29 is 14.4 Å². The summed E-state index contributed by atoms with van der Waals surface area (Å²) in [5.74, 6) is 0.674. The van der Waals surface area contributed by atoms with Gasteiger partial charge in [0.1, 0.15) is 6.04 Å². The third-order valence-corrected chi connectivity index (χ3v) is 10.3. The molecule has 0 saturated carbocycles. The summed E-state index contributed by atoms with van der Waals surface area (Å²) in [7, 11) is 0. The molecule has 1 unspecified atom stereocenters. The third kappa shape index (κ3) is 6.86. The van der Waals surface area contributed by atoms with Crippen molar-refractivity contribution in [2.24, 2.45) is 0 Å². The molecule has 11 heteroatoms. The predicted octanol–water partition coefficient (Wildman–Crippen LogP) is 4.22. The van der Waals surface area contributed by atoms with Crippen LogP contribution in [0.3, 0.4) is 0 Å². The van der Waals surface area contributed by atoms with Gasteiger partial charge in [-0.1, -0.05) is 26.0 Å². The standard InChI is InChI=1S/C36H44N8O3/c1-23(2)27-18-38-36(39-19-27)40-28-11-15-43(16-12-28)29-5-3-24(4-6-29)21-42-13-9-25(10-14-42)31-17-26-22-44(35(47)30(26)20-37-31)32-7-8-33(45)41-34(32)46/h3-6,17-20,23,25,28,32H,7-16,21-22H2,1-2H3,(H,38,39,40)(H,41,45,46). The molecule has 0 radical (unpaired) electrons. The average Bonchev–Trinajstić information content (AvgIpc) is 3.41. The Morgan fingerprint density at radius 2 is 1.62 bits per heavy atom. The first-order valence-electron chi connectivity index (χ1n) is 17.1. The van der Waals surface area contributed by atoms with Gasteiger partial charge < -0.3 is 15.1 Å². The monoisotopic (exact) mass is 636 g/mol. The Morgan fingerprint density at radius 1 is 0.894 bits per heavy atom. The Balaban J connectivity index is 0.870. The smallest absolute Gasteiger partial charge is 0.256 e. The van der Waals surface area contributed by atoms with Gasteiger partial charge in [-0.3, -0.25) is 29.6 Å². The van der Waals surface area contributed by atoms with E-state index in [0.29, 0.717) is 36.4 Å². The Labute approximate surface area is 276 Å². The number of carbonyl (C=O) groups is 3. The maximum Gasteiger partial charge on any atom is 0.256 e. The van der Waals surface area contributed by atoms with E-state index >= 15 is 0 Å². The van der Waals surface area contributed by atoms with Gasteiger partial charge in [0.15, 0.2) is 0 Å². The van der Waals surface area contributed by atoms with E-state index in [1.807, 2.05) is 12.4 Å². The van der Waals surface area contributed by atoms with Crippen LogP contribution >= 0.6 is 0 Å². The molecule has 0 spiro atoms. The van der Waals surface area contributed by atoms with Crippen LogP contribution in [0.1, 0.15) is 97.0 Å². The van der Waals surface area contributed by atoms with Gasteiger partial charge in [-0.2, -0.15) is 0 Å². The van der Waals surface area contributed by atoms with Crippen LogP contribution in [0, 0.1) is 0 Å². The van der Waals surface area contributed by atoms with Gasteiger partial charge in [-0.25, -0.2) is 9.97 Å². The van der Waals surface area contributed by atoms with Crippen LogP contribution in [0.2, 0.25) is 0 Å². The van der Waals surface area contributed by atoms with E-state index in [2.05, 4.69) is 74.6 Å². The number of pyridine rings is 1. The lowest BCUT2D eigenvalue weighted by atomic mass is 9.91. The Morgan fingerprint density at radius 3 is 2.30 bits per heavy atom. The quantitative estimate of drug-likeness (QED) is 0.350. The van der Waals surface area contributed by atoms with Crippen molar-refractivity contribution in [1.82, 2.24) is 30.1 Å². The summed E-state index contributed by atoms with van der Waals surface area (Å²) in [6.07, 6.45) is 10.3. The van der Waals surface area contributed by atoms with E-state index in [1.165, 1.54) is 11.3 Å². The number of amides is 3. The molecule has 11 nitrogen and oxygen atoms in total. The molecule has 7 rings (SSSR count). The number of anilines is 2. The summed E-state index contributed by atoms with van der Waals surface area (Å²) in [6.45, 7) is 9.64. The zero-order chi connectivity index (χ0) is 32.5. The fraction of sp³-hybridized carbons (Fsp3) is 0.500. The van der Waals surface area contributed by atoms with Crippen LogP contribution in [-0.2, 0) is 22.7 Å². The van der Waals surface area contributed by atoms with Gasteiger partial charge in [-0.05, 0) is 86.0 Å². The maximum absolute atomic E-state index is 13.0. The summed E-state index contributed by atoms with van der Waals surface area (Å²) in [6, 6.07) is 10.9. The number of likely N-dealkylation sites (tertiary alicyclic amines) is 1. The summed E-state index contributed by atoms with van der Waals surface area (Å²) >= 11 is 0. The van der Waals surface area contributed by atoms with Gasteiger partial charge >= 0.3 is 0 Å². The van der Waals surface area contributed by atoms with Gasteiger partial charge in [0, 0.05) is 74.5 Å². The predicted molar refractivity (Wildman–Crippen MR) is 179 cm³/mol.